The van der Waals surface area contributed by atoms with Crippen LogP contribution in [0.15, 0.2) is 6.20 Å². The summed E-state index contributed by atoms with van der Waals surface area (Å²) in [7, 11) is 0. The summed E-state index contributed by atoms with van der Waals surface area (Å²) in [6.45, 7) is 12.7. The maximum atomic E-state index is 6.19. The summed E-state index contributed by atoms with van der Waals surface area (Å²) in [5.74, 6) is 0.820. The third-order valence-corrected chi connectivity index (χ3v) is 5.42. The smallest absolute Gasteiger partial charge is 0.125 e. The van der Waals surface area contributed by atoms with Gasteiger partial charge in [0.15, 0.2) is 0 Å². The van der Waals surface area contributed by atoms with E-state index in [1.165, 1.54) is 22.7 Å². The molecule has 3 nitrogen and oxygen atoms in total. The quantitative estimate of drug-likeness (QED) is 0.871. The van der Waals surface area contributed by atoms with Crippen LogP contribution in [-0.2, 0) is 16.9 Å². The lowest BCUT2D eigenvalue weighted by molar-refractivity contribution is -0.0776. The van der Waals surface area contributed by atoms with Gasteiger partial charge >= 0.3 is 0 Å². The summed E-state index contributed by atoms with van der Waals surface area (Å²) in [4.78, 5) is 6.01. The van der Waals surface area contributed by atoms with Crippen molar-refractivity contribution in [1.29, 1.82) is 0 Å². The van der Waals surface area contributed by atoms with Crippen molar-refractivity contribution in [2.45, 2.75) is 78.0 Å². The van der Waals surface area contributed by atoms with Crippen molar-refractivity contribution in [1.82, 2.24) is 10.3 Å². The van der Waals surface area contributed by atoms with Crippen molar-refractivity contribution in [3.05, 3.63) is 16.1 Å². The molecule has 1 aromatic heterocycles. The monoisotopic (exact) mass is 310 g/mol. The Morgan fingerprint density at radius 3 is 2.62 bits per heavy atom. The lowest BCUT2D eigenvalue weighted by Crippen LogP contribution is -2.35. The topological polar surface area (TPSA) is 34.1 Å². The highest BCUT2D eigenvalue weighted by atomic mass is 32.1. The van der Waals surface area contributed by atoms with Crippen molar-refractivity contribution in [3.63, 3.8) is 0 Å². The molecule has 0 saturated heterocycles. The van der Waals surface area contributed by atoms with Crippen LogP contribution < -0.4 is 5.32 Å². The van der Waals surface area contributed by atoms with Crippen LogP contribution in [0, 0.1) is 5.92 Å². The minimum absolute atomic E-state index is 0.119. The molecule has 0 unspecified atom stereocenters. The zero-order valence-electron chi connectivity index (χ0n) is 14.2. The lowest BCUT2D eigenvalue weighted by atomic mass is 9.80. The molecule has 0 amide bonds. The maximum absolute atomic E-state index is 6.19. The summed E-state index contributed by atoms with van der Waals surface area (Å²) in [5, 5.41) is 4.72. The molecule has 21 heavy (non-hydrogen) atoms. The van der Waals surface area contributed by atoms with E-state index < -0.39 is 0 Å². The van der Waals surface area contributed by atoms with Gasteiger partial charge in [-0.25, -0.2) is 4.98 Å². The zero-order chi connectivity index (χ0) is 15.5. The highest BCUT2D eigenvalue weighted by Crippen LogP contribution is 2.43. The first-order chi connectivity index (χ1) is 9.85. The average Bonchev–Trinajstić information content (AvgIpc) is 2.88. The number of thiazole rings is 1. The van der Waals surface area contributed by atoms with Gasteiger partial charge in [0, 0.05) is 29.8 Å². The van der Waals surface area contributed by atoms with Gasteiger partial charge in [-0.2, -0.15) is 0 Å². The van der Waals surface area contributed by atoms with Gasteiger partial charge in [-0.15, -0.1) is 11.3 Å². The predicted molar refractivity (Wildman–Crippen MR) is 89.6 cm³/mol. The highest BCUT2D eigenvalue weighted by Gasteiger charge is 2.39. The molecule has 1 heterocycles. The van der Waals surface area contributed by atoms with Crippen LogP contribution in [0.25, 0.3) is 0 Å². The number of ether oxygens (including phenoxy) is 1. The van der Waals surface area contributed by atoms with Gasteiger partial charge in [-0.1, -0.05) is 6.92 Å². The number of nitrogens with zero attached hydrogens (tertiary/aromatic N) is 1. The normalized spacial score (nSPS) is 27.0. The maximum Gasteiger partial charge on any atom is 0.125 e. The van der Waals surface area contributed by atoms with Crippen molar-refractivity contribution >= 4 is 11.3 Å². The predicted octanol–water partition coefficient (Wildman–Crippen LogP) is 4.47. The fourth-order valence-electron chi connectivity index (χ4n) is 2.88. The molecule has 1 aliphatic carbocycles. The molecule has 1 aromatic rings. The van der Waals surface area contributed by atoms with E-state index in [1.807, 2.05) is 17.5 Å². The molecule has 0 radical (unpaired) electrons. The number of rotatable bonds is 5. The Labute approximate surface area is 133 Å². The number of nitrogens with one attached hydrogen (secondary N) is 1. The second kappa shape index (κ2) is 6.76. The Kier molecular flexibility index (Phi) is 5.44. The molecule has 1 saturated carbocycles. The molecule has 2 rings (SSSR count). The minimum Gasteiger partial charge on any atom is -0.368 e. The van der Waals surface area contributed by atoms with E-state index in [0.29, 0.717) is 0 Å². The first-order valence-corrected chi connectivity index (χ1v) is 9.00. The van der Waals surface area contributed by atoms with Crippen LogP contribution in [0.4, 0.5) is 0 Å². The average molecular weight is 311 g/mol. The summed E-state index contributed by atoms with van der Waals surface area (Å²) >= 11 is 1.82. The van der Waals surface area contributed by atoms with Crippen molar-refractivity contribution < 1.29 is 4.74 Å². The summed E-state index contributed by atoms with van der Waals surface area (Å²) in [5.41, 5.74) is 0.0218. The molecule has 0 aromatic carbocycles. The van der Waals surface area contributed by atoms with Crippen LogP contribution in [0.1, 0.15) is 70.2 Å². The van der Waals surface area contributed by atoms with E-state index in [4.69, 9.17) is 9.72 Å². The second-order valence-corrected chi connectivity index (χ2v) is 8.46. The first kappa shape index (κ1) is 16.9. The zero-order valence-corrected chi connectivity index (χ0v) is 15.0. The summed E-state index contributed by atoms with van der Waals surface area (Å²) in [6, 6.07) is 0. The molecule has 0 spiro atoms. The SMILES string of the molecule is CCOC1(c2ncc(CNC(C)(C)C)s2)CCC(C)CC1. The molecule has 0 bridgehead atoms. The van der Waals surface area contributed by atoms with Crippen molar-refractivity contribution in [2.75, 3.05) is 6.61 Å². The molecule has 120 valence electrons. The van der Waals surface area contributed by atoms with E-state index in [0.717, 1.165) is 31.9 Å². The number of hydrogen-bond acceptors (Lipinski definition) is 4. The molecule has 1 fully saturated rings. The third-order valence-electron chi connectivity index (χ3n) is 4.24. The molecular weight excluding hydrogens is 280 g/mol. The second-order valence-electron chi connectivity index (χ2n) is 7.35. The largest absolute Gasteiger partial charge is 0.368 e. The Balaban J connectivity index is 2.09. The molecule has 1 aliphatic rings. The van der Waals surface area contributed by atoms with E-state index in [2.05, 4.69) is 39.9 Å². The van der Waals surface area contributed by atoms with Crippen LogP contribution in [0.3, 0.4) is 0 Å². The highest BCUT2D eigenvalue weighted by molar-refractivity contribution is 7.11. The van der Waals surface area contributed by atoms with Crippen LogP contribution in [0.5, 0.6) is 0 Å². The van der Waals surface area contributed by atoms with Crippen molar-refractivity contribution in [3.8, 4) is 0 Å². The third kappa shape index (κ3) is 4.51. The molecule has 4 heteroatoms. The Bertz CT molecular complexity index is 442. The van der Waals surface area contributed by atoms with Crippen LogP contribution in [-0.4, -0.2) is 17.1 Å². The number of aromatic nitrogens is 1. The van der Waals surface area contributed by atoms with Gasteiger partial charge in [0.1, 0.15) is 10.6 Å². The van der Waals surface area contributed by atoms with E-state index in [1.54, 1.807) is 0 Å². The molecular formula is C17H30N2OS. The molecule has 0 atom stereocenters. The minimum atomic E-state index is -0.119. The molecule has 0 aliphatic heterocycles. The van der Waals surface area contributed by atoms with E-state index in [-0.39, 0.29) is 11.1 Å². The molecule has 1 N–H and O–H groups in total. The van der Waals surface area contributed by atoms with Crippen LogP contribution in [0.2, 0.25) is 0 Å². The number of hydrogen-bond donors (Lipinski definition) is 1. The van der Waals surface area contributed by atoms with Gasteiger partial charge in [0.2, 0.25) is 0 Å². The van der Waals surface area contributed by atoms with Gasteiger partial charge < -0.3 is 10.1 Å². The van der Waals surface area contributed by atoms with Crippen molar-refractivity contribution in [2.24, 2.45) is 5.92 Å². The fraction of sp³-hybridized carbons (Fsp3) is 0.824. The standard InChI is InChI=1S/C17H30N2OS/c1-6-20-17(9-7-13(2)8-10-17)15-18-11-14(21-15)12-19-16(3,4)5/h11,13,19H,6-10,12H2,1-5H3. The lowest BCUT2D eigenvalue weighted by Gasteiger charge is -2.37. The fourth-order valence-corrected chi connectivity index (χ4v) is 3.93. The summed E-state index contributed by atoms with van der Waals surface area (Å²) in [6.07, 6.45) is 6.74. The Morgan fingerprint density at radius 1 is 1.38 bits per heavy atom. The van der Waals surface area contributed by atoms with Gasteiger partial charge in [0.05, 0.1) is 0 Å². The van der Waals surface area contributed by atoms with Crippen LogP contribution >= 0.6 is 11.3 Å². The van der Waals surface area contributed by atoms with E-state index >= 15 is 0 Å². The van der Waals surface area contributed by atoms with Gasteiger partial charge in [-0.05, 0) is 59.3 Å². The van der Waals surface area contributed by atoms with Gasteiger partial charge in [0.25, 0.3) is 0 Å². The Morgan fingerprint density at radius 2 is 2.05 bits per heavy atom. The summed E-state index contributed by atoms with van der Waals surface area (Å²) < 4.78 is 6.19. The van der Waals surface area contributed by atoms with E-state index in [9.17, 15) is 0 Å². The van der Waals surface area contributed by atoms with Gasteiger partial charge in [-0.3, -0.25) is 0 Å². The first-order valence-electron chi connectivity index (χ1n) is 8.19. The Hall–Kier alpha value is -0.450.